The number of carbonyl (C=O) groups excluding carboxylic acids is 1. The highest BCUT2D eigenvalue weighted by molar-refractivity contribution is 5.78. The van der Waals surface area contributed by atoms with E-state index in [1.807, 2.05) is 32.0 Å². The van der Waals surface area contributed by atoms with E-state index in [9.17, 15) is 4.79 Å². The van der Waals surface area contributed by atoms with E-state index in [2.05, 4.69) is 25.7 Å². The molecule has 126 valence electrons. The van der Waals surface area contributed by atoms with Crippen molar-refractivity contribution in [1.29, 1.82) is 0 Å². The Morgan fingerprint density at radius 2 is 1.87 bits per heavy atom. The van der Waals surface area contributed by atoms with Gasteiger partial charge in [0, 0.05) is 12.6 Å². The molecular formula is C20H29NO2. The minimum atomic E-state index is 0.138. The number of aryl methyl sites for hydroxylation is 2. The quantitative estimate of drug-likeness (QED) is 0.840. The SMILES string of the molecule is Cc1cccc(C)c1OCC(=O)N1C[C@]2(C)C[C@H]1CC(C)(C)C2. The second-order valence-electron chi connectivity index (χ2n) is 8.74. The summed E-state index contributed by atoms with van der Waals surface area (Å²) in [6.45, 7) is 12.1. The summed E-state index contributed by atoms with van der Waals surface area (Å²) < 4.78 is 5.88. The highest BCUT2D eigenvalue weighted by atomic mass is 16.5. The van der Waals surface area contributed by atoms with Gasteiger partial charge in [-0.25, -0.2) is 0 Å². The lowest BCUT2D eigenvalue weighted by Crippen LogP contribution is -2.40. The molecule has 1 aromatic carbocycles. The summed E-state index contributed by atoms with van der Waals surface area (Å²) in [6.07, 6.45) is 3.46. The standard InChI is InChI=1S/C20H29NO2/c1-14-7-6-8-15(2)18(14)23-11-17(22)21-13-20(5)10-16(21)9-19(3,4)12-20/h6-8,16H,9-13H2,1-5H3/t16-,20-/m1/s1. The van der Waals surface area contributed by atoms with Crippen LogP contribution >= 0.6 is 0 Å². The molecule has 1 aromatic rings. The first-order chi connectivity index (χ1) is 10.7. The van der Waals surface area contributed by atoms with Crippen molar-refractivity contribution in [2.75, 3.05) is 13.2 Å². The molecule has 1 saturated carbocycles. The number of ether oxygens (including phenoxy) is 1. The Bertz CT molecular complexity index is 602. The fourth-order valence-electron chi connectivity index (χ4n) is 5.00. The largest absolute Gasteiger partial charge is 0.483 e. The van der Waals surface area contributed by atoms with Gasteiger partial charge in [-0.15, -0.1) is 0 Å². The number of likely N-dealkylation sites (tertiary alicyclic amines) is 1. The van der Waals surface area contributed by atoms with Crippen molar-refractivity contribution >= 4 is 5.91 Å². The average Bonchev–Trinajstić information content (AvgIpc) is 2.67. The molecule has 2 aliphatic rings. The molecule has 1 aliphatic heterocycles. The monoisotopic (exact) mass is 315 g/mol. The Morgan fingerprint density at radius 3 is 2.52 bits per heavy atom. The van der Waals surface area contributed by atoms with Gasteiger partial charge in [0.15, 0.2) is 6.61 Å². The van der Waals surface area contributed by atoms with Crippen LogP contribution in [-0.2, 0) is 4.79 Å². The third-order valence-corrected chi connectivity index (χ3v) is 5.48. The molecule has 3 rings (SSSR count). The van der Waals surface area contributed by atoms with Crippen molar-refractivity contribution in [2.24, 2.45) is 10.8 Å². The van der Waals surface area contributed by atoms with Gasteiger partial charge in [0.25, 0.3) is 5.91 Å². The van der Waals surface area contributed by atoms with Gasteiger partial charge in [-0.2, -0.15) is 0 Å². The molecule has 0 unspecified atom stereocenters. The Kier molecular flexibility index (Phi) is 3.94. The van der Waals surface area contributed by atoms with E-state index in [1.54, 1.807) is 0 Å². The van der Waals surface area contributed by atoms with Crippen molar-refractivity contribution in [1.82, 2.24) is 4.90 Å². The van der Waals surface area contributed by atoms with Crippen LogP contribution in [-0.4, -0.2) is 30.0 Å². The smallest absolute Gasteiger partial charge is 0.260 e. The lowest BCUT2D eigenvalue weighted by molar-refractivity contribution is -0.134. The van der Waals surface area contributed by atoms with Crippen LogP contribution in [0.25, 0.3) is 0 Å². The Balaban J connectivity index is 1.68. The predicted molar refractivity (Wildman–Crippen MR) is 92.7 cm³/mol. The molecule has 0 aromatic heterocycles. The van der Waals surface area contributed by atoms with Gasteiger partial charge >= 0.3 is 0 Å². The minimum Gasteiger partial charge on any atom is -0.483 e. The topological polar surface area (TPSA) is 29.5 Å². The minimum absolute atomic E-state index is 0.138. The Morgan fingerprint density at radius 1 is 1.22 bits per heavy atom. The van der Waals surface area contributed by atoms with Crippen LogP contribution in [0.1, 0.15) is 51.2 Å². The maximum atomic E-state index is 12.7. The molecular weight excluding hydrogens is 286 g/mol. The fourth-order valence-corrected chi connectivity index (χ4v) is 5.00. The van der Waals surface area contributed by atoms with Gasteiger partial charge in [-0.3, -0.25) is 4.79 Å². The molecule has 0 N–H and O–H groups in total. The highest BCUT2D eigenvalue weighted by Crippen LogP contribution is 2.52. The third kappa shape index (κ3) is 3.24. The summed E-state index contributed by atoms with van der Waals surface area (Å²) in [6, 6.07) is 6.46. The fraction of sp³-hybridized carbons (Fsp3) is 0.650. The number of amides is 1. The number of carbonyl (C=O) groups is 1. The second kappa shape index (κ2) is 5.54. The third-order valence-electron chi connectivity index (χ3n) is 5.48. The van der Waals surface area contributed by atoms with Crippen LogP contribution in [0.3, 0.4) is 0 Å². The maximum absolute atomic E-state index is 12.7. The molecule has 23 heavy (non-hydrogen) atoms. The summed E-state index contributed by atoms with van der Waals surface area (Å²) in [4.78, 5) is 14.8. The molecule has 0 spiro atoms. The number of para-hydroxylation sites is 1. The Labute approximate surface area is 140 Å². The summed E-state index contributed by atoms with van der Waals surface area (Å²) in [5.74, 6) is 0.994. The zero-order valence-electron chi connectivity index (χ0n) is 15.1. The number of fused-ring (bicyclic) bond motifs is 2. The summed E-state index contributed by atoms with van der Waals surface area (Å²) in [5, 5.41) is 0. The van der Waals surface area contributed by atoms with Gasteiger partial charge in [0.05, 0.1) is 0 Å². The highest BCUT2D eigenvalue weighted by Gasteiger charge is 2.50. The van der Waals surface area contributed by atoms with E-state index in [-0.39, 0.29) is 17.9 Å². The van der Waals surface area contributed by atoms with E-state index in [0.29, 0.717) is 11.5 Å². The van der Waals surface area contributed by atoms with E-state index in [0.717, 1.165) is 36.3 Å². The van der Waals surface area contributed by atoms with E-state index in [1.165, 1.54) is 6.42 Å². The number of benzene rings is 1. The molecule has 1 aliphatic carbocycles. The molecule has 1 amide bonds. The van der Waals surface area contributed by atoms with Crippen LogP contribution in [0.15, 0.2) is 18.2 Å². The van der Waals surface area contributed by atoms with Crippen LogP contribution in [0.2, 0.25) is 0 Å². The summed E-state index contributed by atoms with van der Waals surface area (Å²) in [5.41, 5.74) is 2.79. The number of rotatable bonds is 3. The van der Waals surface area contributed by atoms with E-state index in [4.69, 9.17) is 4.74 Å². The molecule has 2 fully saturated rings. The first-order valence-electron chi connectivity index (χ1n) is 8.68. The van der Waals surface area contributed by atoms with Crippen LogP contribution in [0, 0.1) is 24.7 Å². The average molecular weight is 315 g/mol. The number of hydrogen-bond acceptors (Lipinski definition) is 2. The van der Waals surface area contributed by atoms with Gasteiger partial charge < -0.3 is 9.64 Å². The van der Waals surface area contributed by atoms with E-state index >= 15 is 0 Å². The molecule has 1 heterocycles. The molecule has 3 heteroatoms. The molecule has 2 atom stereocenters. The maximum Gasteiger partial charge on any atom is 0.260 e. The van der Waals surface area contributed by atoms with Gasteiger partial charge in [-0.1, -0.05) is 39.0 Å². The zero-order chi connectivity index (χ0) is 16.8. The molecule has 2 bridgehead atoms. The van der Waals surface area contributed by atoms with Gasteiger partial charge in [0.2, 0.25) is 0 Å². The van der Waals surface area contributed by atoms with Crippen LogP contribution < -0.4 is 4.74 Å². The molecule has 0 radical (unpaired) electrons. The van der Waals surface area contributed by atoms with Crippen molar-refractivity contribution in [2.45, 2.75) is 59.9 Å². The van der Waals surface area contributed by atoms with Crippen molar-refractivity contribution in [3.63, 3.8) is 0 Å². The first-order valence-corrected chi connectivity index (χ1v) is 8.68. The summed E-state index contributed by atoms with van der Waals surface area (Å²) in [7, 11) is 0. The lowest BCUT2D eigenvalue weighted by atomic mass is 9.65. The zero-order valence-corrected chi connectivity index (χ0v) is 15.1. The van der Waals surface area contributed by atoms with Crippen molar-refractivity contribution in [3.05, 3.63) is 29.3 Å². The molecule has 1 saturated heterocycles. The number of hydrogen-bond donors (Lipinski definition) is 0. The number of nitrogens with zero attached hydrogens (tertiary/aromatic N) is 1. The normalized spacial score (nSPS) is 28.7. The lowest BCUT2D eigenvalue weighted by Gasteiger charge is -2.39. The first kappa shape index (κ1) is 16.4. The molecule has 3 nitrogen and oxygen atoms in total. The summed E-state index contributed by atoms with van der Waals surface area (Å²) >= 11 is 0. The van der Waals surface area contributed by atoms with Crippen molar-refractivity contribution in [3.8, 4) is 5.75 Å². The second-order valence-corrected chi connectivity index (χ2v) is 8.74. The van der Waals surface area contributed by atoms with Gasteiger partial charge in [-0.05, 0) is 55.1 Å². The van der Waals surface area contributed by atoms with Crippen LogP contribution in [0.5, 0.6) is 5.75 Å². The van der Waals surface area contributed by atoms with E-state index < -0.39 is 0 Å². The predicted octanol–water partition coefficient (Wildman–Crippen LogP) is 4.11. The van der Waals surface area contributed by atoms with Gasteiger partial charge in [0.1, 0.15) is 5.75 Å². The van der Waals surface area contributed by atoms with Crippen molar-refractivity contribution < 1.29 is 9.53 Å². The Hall–Kier alpha value is -1.51. The van der Waals surface area contributed by atoms with Crippen LogP contribution in [0.4, 0.5) is 0 Å².